The number of halogens is 3. The van der Waals surface area contributed by atoms with Gasteiger partial charge in [-0.3, -0.25) is 0 Å². The number of nitrogens with one attached hydrogen (secondary N) is 1. The molecule has 0 saturated heterocycles. The second-order valence-corrected chi connectivity index (χ2v) is 4.50. The van der Waals surface area contributed by atoms with Gasteiger partial charge in [0.25, 0.3) is 0 Å². The number of hydrogen-bond donors (Lipinski definition) is 1. The van der Waals surface area contributed by atoms with E-state index in [9.17, 15) is 13.2 Å². The molecule has 0 rings (SSSR count). The molecule has 0 aliphatic rings. The number of alkyl halides is 3. The van der Waals surface area contributed by atoms with E-state index in [1.54, 1.807) is 0 Å². The molecule has 0 aliphatic carbocycles. The normalized spacial score (nSPS) is 15.9. The average Bonchev–Trinajstić information content (AvgIpc) is 2.13. The third-order valence-electron chi connectivity index (χ3n) is 2.40. The summed E-state index contributed by atoms with van der Waals surface area (Å²) < 4.78 is 36.7. The topological polar surface area (TPSA) is 35.8 Å². The van der Waals surface area contributed by atoms with Crippen LogP contribution < -0.4 is 5.32 Å². The third-order valence-corrected chi connectivity index (χ3v) is 2.40. The Morgan fingerprint density at radius 1 is 1.19 bits per heavy atom. The molecule has 16 heavy (non-hydrogen) atoms. The van der Waals surface area contributed by atoms with Crippen molar-refractivity contribution in [2.75, 3.05) is 6.54 Å². The zero-order chi connectivity index (χ0) is 12.8. The molecule has 1 N–H and O–H groups in total. The van der Waals surface area contributed by atoms with Crippen LogP contribution in [0.2, 0.25) is 0 Å². The zero-order valence-electron chi connectivity index (χ0n) is 9.93. The molecule has 0 amide bonds. The second kappa shape index (κ2) is 6.74. The molecule has 0 bridgehead atoms. The van der Waals surface area contributed by atoms with Crippen molar-refractivity contribution >= 4 is 0 Å². The maximum atomic E-state index is 12.2. The smallest absolute Gasteiger partial charge is 0.313 e. The van der Waals surface area contributed by atoms with E-state index in [-0.39, 0.29) is 12.6 Å². The number of hydrogen-bond acceptors (Lipinski definition) is 2. The second-order valence-electron chi connectivity index (χ2n) is 4.50. The van der Waals surface area contributed by atoms with Crippen LogP contribution in [-0.2, 0) is 0 Å². The van der Waals surface area contributed by atoms with Crippen molar-refractivity contribution in [1.29, 1.82) is 5.26 Å². The molecule has 0 aromatic rings. The molecule has 0 saturated carbocycles. The zero-order valence-corrected chi connectivity index (χ0v) is 9.93. The van der Waals surface area contributed by atoms with Crippen LogP contribution in [0.15, 0.2) is 0 Å². The van der Waals surface area contributed by atoms with Gasteiger partial charge in [0.2, 0.25) is 0 Å². The van der Waals surface area contributed by atoms with Gasteiger partial charge in [-0.15, -0.1) is 0 Å². The minimum absolute atomic E-state index is 0.0144. The number of rotatable bonds is 6. The van der Waals surface area contributed by atoms with Crippen LogP contribution in [0.5, 0.6) is 0 Å². The Hall–Kier alpha value is -0.760. The summed E-state index contributed by atoms with van der Waals surface area (Å²) in [6.45, 7) is 5.66. The van der Waals surface area contributed by atoms with E-state index in [4.69, 9.17) is 5.26 Å². The van der Waals surface area contributed by atoms with Gasteiger partial charge in [0.1, 0.15) is 0 Å². The summed E-state index contributed by atoms with van der Waals surface area (Å²) in [5, 5.41) is 11.1. The highest BCUT2D eigenvalue weighted by atomic mass is 19.4. The van der Waals surface area contributed by atoms with Crippen molar-refractivity contribution in [3.8, 4) is 6.07 Å². The molecule has 0 aromatic heterocycles. The Bertz CT molecular complexity index is 230. The highest BCUT2D eigenvalue weighted by Crippen LogP contribution is 2.25. The van der Waals surface area contributed by atoms with Crippen LogP contribution in [0.1, 0.15) is 33.6 Å². The number of nitrogens with zero attached hydrogens (tertiary/aromatic N) is 1. The van der Waals surface area contributed by atoms with Crippen LogP contribution in [-0.4, -0.2) is 18.8 Å². The summed E-state index contributed by atoms with van der Waals surface area (Å²) in [6.07, 6.45) is -2.63. The van der Waals surface area contributed by atoms with Crippen LogP contribution in [0.3, 0.4) is 0 Å². The van der Waals surface area contributed by atoms with Gasteiger partial charge >= 0.3 is 6.18 Å². The summed E-state index contributed by atoms with van der Waals surface area (Å²) in [6, 6.07) is 1.29. The average molecular weight is 236 g/mol. The van der Waals surface area contributed by atoms with E-state index in [0.717, 1.165) is 12.8 Å². The van der Waals surface area contributed by atoms with Crippen molar-refractivity contribution in [2.45, 2.75) is 45.8 Å². The van der Waals surface area contributed by atoms with E-state index in [1.165, 1.54) is 6.07 Å². The predicted molar refractivity (Wildman–Crippen MR) is 56.7 cm³/mol. The van der Waals surface area contributed by atoms with Crippen molar-refractivity contribution in [3.05, 3.63) is 0 Å². The fourth-order valence-corrected chi connectivity index (χ4v) is 1.24. The Balaban J connectivity index is 3.90. The van der Waals surface area contributed by atoms with Gasteiger partial charge < -0.3 is 5.32 Å². The quantitative estimate of drug-likeness (QED) is 0.769. The van der Waals surface area contributed by atoms with Gasteiger partial charge in [0.05, 0.1) is 6.07 Å². The highest BCUT2D eigenvalue weighted by molar-refractivity contribution is 4.90. The Kier molecular flexibility index (Phi) is 6.42. The fourth-order valence-electron chi connectivity index (χ4n) is 1.24. The lowest BCUT2D eigenvalue weighted by Crippen LogP contribution is -2.37. The SMILES string of the molecule is CC(C)CCC(C)NCC(C#N)C(F)(F)F. The molecule has 0 fully saturated rings. The van der Waals surface area contributed by atoms with Gasteiger partial charge in [-0.1, -0.05) is 13.8 Å². The van der Waals surface area contributed by atoms with Crippen molar-refractivity contribution in [1.82, 2.24) is 5.32 Å². The van der Waals surface area contributed by atoms with Crippen LogP contribution in [0.25, 0.3) is 0 Å². The molecular formula is C11H19F3N2. The molecule has 0 heterocycles. The fraction of sp³-hybridized carbons (Fsp3) is 0.909. The molecule has 94 valence electrons. The first kappa shape index (κ1) is 15.2. The molecule has 2 nitrogen and oxygen atoms in total. The minimum Gasteiger partial charge on any atom is -0.313 e. The standard InChI is InChI=1S/C11H19F3N2/c1-8(2)4-5-9(3)16-7-10(6-15)11(12,13)14/h8-10,16H,4-5,7H2,1-3H3. The molecule has 0 aromatic carbocycles. The molecular weight excluding hydrogens is 217 g/mol. The lowest BCUT2D eigenvalue weighted by atomic mass is 10.0. The Morgan fingerprint density at radius 3 is 2.12 bits per heavy atom. The first-order valence-electron chi connectivity index (χ1n) is 5.47. The molecule has 2 atom stereocenters. The molecule has 0 spiro atoms. The minimum atomic E-state index is -4.43. The van der Waals surface area contributed by atoms with Gasteiger partial charge in [-0.25, -0.2) is 0 Å². The molecule has 0 radical (unpaired) electrons. The lowest BCUT2D eigenvalue weighted by molar-refractivity contribution is -0.157. The Morgan fingerprint density at radius 2 is 1.75 bits per heavy atom. The summed E-state index contributed by atoms with van der Waals surface area (Å²) in [5.74, 6) is -1.37. The first-order valence-corrected chi connectivity index (χ1v) is 5.47. The first-order chi connectivity index (χ1) is 7.27. The monoisotopic (exact) mass is 236 g/mol. The molecule has 0 aliphatic heterocycles. The largest absolute Gasteiger partial charge is 0.405 e. The summed E-state index contributed by atoms with van der Waals surface area (Å²) >= 11 is 0. The van der Waals surface area contributed by atoms with E-state index < -0.39 is 12.1 Å². The third kappa shape index (κ3) is 6.67. The summed E-state index contributed by atoms with van der Waals surface area (Å²) in [7, 11) is 0. The van der Waals surface area contributed by atoms with Crippen molar-refractivity contribution in [3.63, 3.8) is 0 Å². The molecule has 5 heteroatoms. The van der Waals surface area contributed by atoms with Gasteiger partial charge in [0.15, 0.2) is 5.92 Å². The summed E-state index contributed by atoms with van der Waals surface area (Å²) in [5.41, 5.74) is 0. The number of nitriles is 1. The predicted octanol–water partition coefficient (Wildman–Crippen LogP) is 3.10. The maximum Gasteiger partial charge on any atom is 0.405 e. The molecule has 2 unspecified atom stereocenters. The Labute approximate surface area is 94.8 Å². The van der Waals surface area contributed by atoms with Crippen LogP contribution in [0, 0.1) is 23.2 Å². The summed E-state index contributed by atoms with van der Waals surface area (Å²) in [4.78, 5) is 0. The van der Waals surface area contributed by atoms with E-state index >= 15 is 0 Å². The van der Waals surface area contributed by atoms with E-state index in [0.29, 0.717) is 5.92 Å². The lowest BCUT2D eigenvalue weighted by Gasteiger charge is -2.18. The van der Waals surface area contributed by atoms with Gasteiger partial charge in [0, 0.05) is 12.6 Å². The van der Waals surface area contributed by atoms with E-state index in [2.05, 4.69) is 19.2 Å². The van der Waals surface area contributed by atoms with Crippen molar-refractivity contribution < 1.29 is 13.2 Å². The van der Waals surface area contributed by atoms with Crippen LogP contribution >= 0.6 is 0 Å². The van der Waals surface area contributed by atoms with Gasteiger partial charge in [-0.2, -0.15) is 18.4 Å². The van der Waals surface area contributed by atoms with Gasteiger partial charge in [-0.05, 0) is 25.7 Å². The van der Waals surface area contributed by atoms with E-state index in [1.807, 2.05) is 6.92 Å². The van der Waals surface area contributed by atoms with Crippen LogP contribution in [0.4, 0.5) is 13.2 Å². The maximum absolute atomic E-state index is 12.2. The highest BCUT2D eigenvalue weighted by Gasteiger charge is 2.39. The van der Waals surface area contributed by atoms with Crippen molar-refractivity contribution in [2.24, 2.45) is 11.8 Å².